The first-order chi connectivity index (χ1) is 15.2. The lowest BCUT2D eigenvalue weighted by Crippen LogP contribution is -2.50. The van der Waals surface area contributed by atoms with Crippen LogP contribution in [0, 0.1) is 0 Å². The van der Waals surface area contributed by atoms with Gasteiger partial charge in [-0.1, -0.05) is 36.4 Å². The number of ether oxygens (including phenoxy) is 1. The zero-order chi connectivity index (χ0) is 21.5. The first-order valence-corrected chi connectivity index (χ1v) is 10.7. The first kappa shape index (κ1) is 21.0. The van der Waals surface area contributed by atoms with Crippen LogP contribution in [-0.2, 0) is 17.9 Å². The van der Waals surface area contributed by atoms with Gasteiger partial charge < -0.3 is 19.0 Å². The predicted octanol–water partition coefficient (Wildman–Crippen LogP) is 3.64. The molecule has 0 saturated carbocycles. The number of benzene rings is 2. The summed E-state index contributed by atoms with van der Waals surface area (Å²) in [6, 6.07) is 22.0. The standard InChI is InChI=1S/C25H29N3O3/c1-30-23-10-5-9-22(17-23)27-14-12-26(13-15-27)20-25(29)28(19-24-11-6-16-31-24)18-21-7-3-2-4-8-21/h2-11,16-17H,12-15,18-20H2,1H3. The van der Waals surface area contributed by atoms with Crippen LogP contribution in [0.25, 0.3) is 0 Å². The largest absolute Gasteiger partial charge is 0.497 e. The molecule has 3 aromatic rings. The summed E-state index contributed by atoms with van der Waals surface area (Å²) in [4.78, 5) is 19.6. The van der Waals surface area contributed by atoms with E-state index in [0.29, 0.717) is 19.6 Å². The molecule has 1 amide bonds. The van der Waals surface area contributed by atoms with Crippen molar-refractivity contribution in [3.63, 3.8) is 0 Å². The van der Waals surface area contributed by atoms with Crippen molar-refractivity contribution in [1.29, 1.82) is 0 Å². The van der Waals surface area contributed by atoms with Crippen molar-refractivity contribution >= 4 is 11.6 Å². The molecule has 0 unspecified atom stereocenters. The van der Waals surface area contributed by atoms with Gasteiger partial charge in [-0.05, 0) is 29.8 Å². The summed E-state index contributed by atoms with van der Waals surface area (Å²) in [6.45, 7) is 4.94. The van der Waals surface area contributed by atoms with Crippen molar-refractivity contribution in [2.75, 3.05) is 44.7 Å². The Bertz CT molecular complexity index is 951. The lowest BCUT2D eigenvalue weighted by Gasteiger charge is -2.36. The minimum Gasteiger partial charge on any atom is -0.497 e. The van der Waals surface area contributed by atoms with Crippen LogP contribution < -0.4 is 9.64 Å². The van der Waals surface area contributed by atoms with Gasteiger partial charge in [0.15, 0.2) is 0 Å². The van der Waals surface area contributed by atoms with E-state index in [4.69, 9.17) is 9.15 Å². The van der Waals surface area contributed by atoms with Crippen LogP contribution in [-0.4, -0.2) is 55.5 Å². The highest BCUT2D eigenvalue weighted by Gasteiger charge is 2.23. The summed E-state index contributed by atoms with van der Waals surface area (Å²) >= 11 is 0. The molecule has 0 N–H and O–H groups in total. The number of carbonyl (C=O) groups is 1. The number of rotatable bonds is 8. The number of hydrogen-bond donors (Lipinski definition) is 0. The molecular formula is C25H29N3O3. The second-order valence-corrected chi connectivity index (χ2v) is 7.78. The maximum Gasteiger partial charge on any atom is 0.237 e. The van der Waals surface area contributed by atoms with Crippen molar-refractivity contribution in [3.8, 4) is 5.75 Å². The molecule has 0 aliphatic carbocycles. The van der Waals surface area contributed by atoms with Gasteiger partial charge in [0.05, 0.1) is 26.5 Å². The SMILES string of the molecule is COc1cccc(N2CCN(CC(=O)N(Cc3ccccc3)Cc3ccco3)CC2)c1. The molecule has 2 aromatic carbocycles. The van der Waals surface area contributed by atoms with Crippen LogP contribution >= 0.6 is 0 Å². The van der Waals surface area contributed by atoms with E-state index in [9.17, 15) is 4.79 Å². The van der Waals surface area contributed by atoms with E-state index in [1.54, 1.807) is 13.4 Å². The van der Waals surface area contributed by atoms with Crippen molar-refractivity contribution in [3.05, 3.63) is 84.3 Å². The Morgan fingerprint density at radius 3 is 2.48 bits per heavy atom. The Labute approximate surface area is 183 Å². The molecule has 162 valence electrons. The molecule has 31 heavy (non-hydrogen) atoms. The maximum absolute atomic E-state index is 13.2. The van der Waals surface area contributed by atoms with Crippen molar-refractivity contribution in [2.45, 2.75) is 13.1 Å². The number of hydrogen-bond acceptors (Lipinski definition) is 5. The van der Waals surface area contributed by atoms with Gasteiger partial charge >= 0.3 is 0 Å². The summed E-state index contributed by atoms with van der Waals surface area (Å²) in [5.41, 5.74) is 2.28. The second kappa shape index (κ2) is 10.2. The quantitative estimate of drug-likeness (QED) is 0.558. The number of carbonyl (C=O) groups excluding carboxylic acids is 1. The molecular weight excluding hydrogens is 390 g/mol. The third-order valence-corrected chi connectivity index (χ3v) is 5.65. The summed E-state index contributed by atoms with van der Waals surface area (Å²) in [7, 11) is 1.69. The van der Waals surface area contributed by atoms with E-state index in [0.717, 1.165) is 48.9 Å². The zero-order valence-corrected chi connectivity index (χ0v) is 17.9. The number of nitrogens with zero attached hydrogens (tertiary/aromatic N) is 3. The maximum atomic E-state index is 13.2. The molecule has 1 aliphatic rings. The molecule has 1 saturated heterocycles. The lowest BCUT2D eigenvalue weighted by atomic mass is 10.2. The van der Waals surface area contributed by atoms with Gasteiger partial charge in [0.1, 0.15) is 11.5 Å². The number of piperazine rings is 1. The summed E-state index contributed by atoms with van der Waals surface area (Å²) in [5.74, 6) is 1.78. The molecule has 0 spiro atoms. The van der Waals surface area contributed by atoms with Crippen LogP contribution in [0.1, 0.15) is 11.3 Å². The van der Waals surface area contributed by atoms with Gasteiger partial charge in [0, 0.05) is 44.5 Å². The fourth-order valence-electron chi connectivity index (χ4n) is 3.89. The normalized spacial score (nSPS) is 14.4. The smallest absolute Gasteiger partial charge is 0.237 e. The lowest BCUT2D eigenvalue weighted by molar-refractivity contribution is -0.134. The molecule has 4 rings (SSSR count). The topological polar surface area (TPSA) is 49.2 Å². The van der Waals surface area contributed by atoms with Gasteiger partial charge in [-0.3, -0.25) is 9.69 Å². The molecule has 6 heteroatoms. The average molecular weight is 420 g/mol. The highest BCUT2D eigenvalue weighted by Crippen LogP contribution is 2.22. The van der Waals surface area contributed by atoms with Gasteiger partial charge in [-0.2, -0.15) is 0 Å². The summed E-state index contributed by atoms with van der Waals surface area (Å²) < 4.78 is 10.8. The van der Waals surface area contributed by atoms with Crippen LogP contribution in [0.4, 0.5) is 5.69 Å². The molecule has 1 fully saturated rings. The molecule has 0 radical (unpaired) electrons. The Morgan fingerprint density at radius 2 is 1.77 bits per heavy atom. The van der Waals surface area contributed by atoms with Crippen LogP contribution in [0.5, 0.6) is 5.75 Å². The van der Waals surface area contributed by atoms with Crippen molar-refractivity contribution in [2.24, 2.45) is 0 Å². The minimum atomic E-state index is 0.120. The van der Waals surface area contributed by atoms with Gasteiger partial charge in [-0.15, -0.1) is 0 Å². The van der Waals surface area contributed by atoms with Crippen molar-refractivity contribution in [1.82, 2.24) is 9.80 Å². The summed E-state index contributed by atoms with van der Waals surface area (Å²) in [5, 5.41) is 0. The van der Waals surface area contributed by atoms with E-state index in [1.807, 2.05) is 47.4 Å². The molecule has 6 nitrogen and oxygen atoms in total. The molecule has 1 aliphatic heterocycles. The van der Waals surface area contributed by atoms with Crippen molar-refractivity contribution < 1.29 is 13.9 Å². The fraction of sp³-hybridized carbons (Fsp3) is 0.320. The minimum absolute atomic E-state index is 0.120. The first-order valence-electron chi connectivity index (χ1n) is 10.7. The van der Waals surface area contributed by atoms with Crippen LogP contribution in [0.15, 0.2) is 77.4 Å². The van der Waals surface area contributed by atoms with E-state index in [2.05, 4.69) is 34.1 Å². The Morgan fingerprint density at radius 1 is 0.968 bits per heavy atom. The predicted molar refractivity (Wildman–Crippen MR) is 121 cm³/mol. The molecule has 0 atom stereocenters. The van der Waals surface area contributed by atoms with E-state index >= 15 is 0 Å². The molecule has 2 heterocycles. The number of amides is 1. The highest BCUT2D eigenvalue weighted by molar-refractivity contribution is 5.78. The monoisotopic (exact) mass is 419 g/mol. The zero-order valence-electron chi connectivity index (χ0n) is 17.9. The molecule has 1 aromatic heterocycles. The number of anilines is 1. The average Bonchev–Trinajstić information content (AvgIpc) is 3.33. The van der Waals surface area contributed by atoms with E-state index in [-0.39, 0.29) is 5.91 Å². The Hall–Kier alpha value is -3.25. The second-order valence-electron chi connectivity index (χ2n) is 7.78. The number of furan rings is 1. The fourth-order valence-corrected chi connectivity index (χ4v) is 3.89. The van der Waals surface area contributed by atoms with Gasteiger partial charge in [0.25, 0.3) is 0 Å². The highest BCUT2D eigenvalue weighted by atomic mass is 16.5. The van der Waals surface area contributed by atoms with E-state index in [1.165, 1.54) is 0 Å². The van der Waals surface area contributed by atoms with Gasteiger partial charge in [0.2, 0.25) is 5.91 Å². The molecule has 0 bridgehead atoms. The third-order valence-electron chi connectivity index (χ3n) is 5.65. The van der Waals surface area contributed by atoms with Gasteiger partial charge in [-0.25, -0.2) is 0 Å². The Balaban J connectivity index is 1.36. The number of methoxy groups -OCH3 is 1. The Kier molecular flexibility index (Phi) is 6.89. The third kappa shape index (κ3) is 5.67. The summed E-state index contributed by atoms with van der Waals surface area (Å²) in [6.07, 6.45) is 1.65. The van der Waals surface area contributed by atoms with Crippen LogP contribution in [0.2, 0.25) is 0 Å². The van der Waals surface area contributed by atoms with Crippen LogP contribution in [0.3, 0.4) is 0 Å². The van der Waals surface area contributed by atoms with E-state index < -0.39 is 0 Å².